The fraction of sp³-hybridized carbons (Fsp3) is 0.394. The minimum absolute atomic E-state index is 0.263. The molecule has 0 heterocycles. The molecule has 3 aromatic carbocycles. The Kier molecular flexibility index (Phi) is 9.58. The van der Waals surface area contributed by atoms with Crippen LogP contribution in [-0.2, 0) is 16.0 Å². The highest BCUT2D eigenvalue weighted by Gasteiger charge is 2.33. The van der Waals surface area contributed by atoms with Crippen LogP contribution in [0.4, 0.5) is 0 Å². The van der Waals surface area contributed by atoms with E-state index in [1.165, 1.54) is 25.7 Å². The van der Waals surface area contributed by atoms with Crippen molar-refractivity contribution in [3.05, 3.63) is 89.5 Å². The zero-order valence-corrected chi connectivity index (χ0v) is 22.4. The molecule has 1 N–H and O–H groups in total. The van der Waals surface area contributed by atoms with Crippen LogP contribution in [0.5, 0.6) is 5.75 Å². The molecule has 0 saturated heterocycles. The Morgan fingerprint density at radius 3 is 2.50 bits per heavy atom. The smallest absolute Gasteiger partial charge is 0.338 e. The Morgan fingerprint density at radius 1 is 0.974 bits per heavy atom. The SMILES string of the molecule is CCCCCC[C@H](C)COc1cc(C(=O)OC2CC(C(=O)O)Cc3ccccc32)ccc1-c1ccccc1. The zero-order chi connectivity index (χ0) is 26.9. The Morgan fingerprint density at radius 2 is 1.74 bits per heavy atom. The predicted molar refractivity (Wildman–Crippen MR) is 149 cm³/mol. The van der Waals surface area contributed by atoms with Gasteiger partial charge in [-0.3, -0.25) is 4.79 Å². The number of benzene rings is 3. The van der Waals surface area contributed by atoms with E-state index < -0.39 is 24.0 Å². The van der Waals surface area contributed by atoms with Crippen LogP contribution in [0.2, 0.25) is 0 Å². The minimum atomic E-state index is -0.868. The van der Waals surface area contributed by atoms with E-state index in [0.29, 0.717) is 30.3 Å². The number of aliphatic carboxylic acids is 1. The third kappa shape index (κ3) is 7.03. The molecule has 1 aliphatic rings. The van der Waals surface area contributed by atoms with Crippen LogP contribution in [0.3, 0.4) is 0 Å². The maximum absolute atomic E-state index is 13.3. The molecular weight excluding hydrogens is 476 g/mol. The molecule has 0 saturated carbocycles. The molecule has 2 unspecified atom stereocenters. The van der Waals surface area contributed by atoms with Gasteiger partial charge in [-0.1, -0.05) is 94.1 Å². The van der Waals surface area contributed by atoms with E-state index in [1.807, 2.05) is 60.7 Å². The van der Waals surface area contributed by atoms with Gasteiger partial charge in [0, 0.05) is 12.0 Å². The van der Waals surface area contributed by atoms with E-state index >= 15 is 0 Å². The maximum Gasteiger partial charge on any atom is 0.338 e. The number of hydrogen-bond acceptors (Lipinski definition) is 4. The van der Waals surface area contributed by atoms with E-state index in [4.69, 9.17) is 9.47 Å². The highest BCUT2D eigenvalue weighted by Crippen LogP contribution is 2.37. The second-order valence-corrected chi connectivity index (χ2v) is 10.4. The van der Waals surface area contributed by atoms with Gasteiger partial charge in [0.25, 0.3) is 0 Å². The molecule has 0 bridgehead atoms. The standard InChI is InChI=1S/C33H38O5/c1-3-4-5-7-12-23(2)22-37-30-20-26(17-18-29(30)24-13-8-6-9-14-24)33(36)38-31-21-27(32(34)35)19-25-15-10-11-16-28(25)31/h6,8-11,13-18,20,23,27,31H,3-5,7,12,19,21-22H2,1-2H3,(H,34,35)/t23-,27?,31?/m0/s1. The van der Waals surface area contributed by atoms with Crippen LogP contribution < -0.4 is 4.74 Å². The summed E-state index contributed by atoms with van der Waals surface area (Å²) in [7, 11) is 0. The van der Waals surface area contributed by atoms with Gasteiger partial charge in [0.2, 0.25) is 0 Å². The second-order valence-electron chi connectivity index (χ2n) is 10.4. The first-order valence-electron chi connectivity index (χ1n) is 13.8. The van der Waals surface area contributed by atoms with Gasteiger partial charge in [0.1, 0.15) is 11.9 Å². The Hall–Kier alpha value is -3.60. The monoisotopic (exact) mass is 514 g/mol. The number of rotatable bonds is 12. The van der Waals surface area contributed by atoms with Crippen LogP contribution in [0.15, 0.2) is 72.8 Å². The van der Waals surface area contributed by atoms with Crippen molar-refractivity contribution < 1.29 is 24.2 Å². The highest BCUT2D eigenvalue weighted by atomic mass is 16.5. The number of carboxylic acids is 1. The molecule has 3 atom stereocenters. The van der Waals surface area contributed by atoms with Crippen molar-refractivity contribution >= 4 is 11.9 Å². The first-order chi connectivity index (χ1) is 18.5. The van der Waals surface area contributed by atoms with Crippen molar-refractivity contribution in [3.63, 3.8) is 0 Å². The first kappa shape index (κ1) is 27.4. The fourth-order valence-electron chi connectivity index (χ4n) is 5.13. The molecule has 1 aliphatic carbocycles. The van der Waals surface area contributed by atoms with Crippen LogP contribution in [0.1, 0.15) is 80.0 Å². The second kappa shape index (κ2) is 13.3. The normalized spacial score (nSPS) is 17.3. The summed E-state index contributed by atoms with van der Waals surface area (Å²) in [4.78, 5) is 25.1. The molecule has 0 spiro atoms. The summed E-state index contributed by atoms with van der Waals surface area (Å²) in [5, 5.41) is 9.64. The van der Waals surface area contributed by atoms with Crippen molar-refractivity contribution in [3.8, 4) is 16.9 Å². The molecule has 0 aliphatic heterocycles. The lowest BCUT2D eigenvalue weighted by atomic mass is 9.82. The number of carboxylic acid groups (broad SMARTS) is 1. The molecule has 5 heteroatoms. The molecule has 38 heavy (non-hydrogen) atoms. The van der Waals surface area contributed by atoms with Crippen molar-refractivity contribution in [2.45, 2.75) is 64.9 Å². The maximum atomic E-state index is 13.3. The molecule has 5 nitrogen and oxygen atoms in total. The van der Waals surface area contributed by atoms with Crippen molar-refractivity contribution in [1.82, 2.24) is 0 Å². The summed E-state index contributed by atoms with van der Waals surface area (Å²) in [6.07, 6.45) is 6.12. The lowest BCUT2D eigenvalue weighted by Crippen LogP contribution is -2.27. The quantitative estimate of drug-likeness (QED) is 0.197. The predicted octanol–water partition coefficient (Wildman–Crippen LogP) is 7.88. The first-order valence-corrected chi connectivity index (χ1v) is 13.8. The van der Waals surface area contributed by atoms with Crippen molar-refractivity contribution in [2.75, 3.05) is 6.61 Å². The van der Waals surface area contributed by atoms with Gasteiger partial charge in [-0.25, -0.2) is 4.79 Å². The van der Waals surface area contributed by atoms with Crippen LogP contribution >= 0.6 is 0 Å². The number of esters is 1. The summed E-state index contributed by atoms with van der Waals surface area (Å²) >= 11 is 0. The number of fused-ring (bicyclic) bond motifs is 1. The average Bonchev–Trinajstić information content (AvgIpc) is 2.94. The largest absolute Gasteiger partial charge is 0.493 e. The Labute approximate surface area is 225 Å². The van der Waals surface area contributed by atoms with Gasteiger partial charge in [-0.2, -0.15) is 0 Å². The molecule has 0 fully saturated rings. The lowest BCUT2D eigenvalue weighted by molar-refractivity contribution is -0.143. The molecule has 200 valence electrons. The summed E-state index contributed by atoms with van der Waals surface area (Å²) in [5.74, 6) is -0.877. The van der Waals surface area contributed by atoms with Gasteiger partial charge in [0.15, 0.2) is 0 Å². The van der Waals surface area contributed by atoms with E-state index in [0.717, 1.165) is 28.7 Å². The zero-order valence-electron chi connectivity index (χ0n) is 22.4. The number of hydrogen-bond donors (Lipinski definition) is 1. The summed E-state index contributed by atoms with van der Waals surface area (Å²) < 4.78 is 12.2. The third-order valence-electron chi connectivity index (χ3n) is 7.34. The lowest BCUT2D eigenvalue weighted by Gasteiger charge is -2.29. The van der Waals surface area contributed by atoms with Gasteiger partial charge in [-0.15, -0.1) is 0 Å². The average molecular weight is 515 g/mol. The summed E-state index contributed by atoms with van der Waals surface area (Å²) in [5.41, 5.74) is 4.14. The van der Waals surface area contributed by atoms with Gasteiger partial charge >= 0.3 is 11.9 Å². The van der Waals surface area contributed by atoms with Crippen LogP contribution in [0.25, 0.3) is 11.1 Å². The Bertz CT molecular complexity index is 1220. The van der Waals surface area contributed by atoms with Crippen molar-refractivity contribution in [1.29, 1.82) is 0 Å². The van der Waals surface area contributed by atoms with Gasteiger partial charge < -0.3 is 14.6 Å². The molecule has 0 aromatic heterocycles. The molecule has 0 amide bonds. The molecular formula is C33H38O5. The topological polar surface area (TPSA) is 72.8 Å². The minimum Gasteiger partial charge on any atom is -0.493 e. The molecule has 0 radical (unpaired) electrons. The van der Waals surface area contributed by atoms with E-state index in [1.54, 1.807) is 12.1 Å². The van der Waals surface area contributed by atoms with Crippen LogP contribution in [-0.4, -0.2) is 23.7 Å². The van der Waals surface area contributed by atoms with E-state index in [2.05, 4.69) is 13.8 Å². The molecule has 3 aromatic rings. The van der Waals surface area contributed by atoms with Crippen LogP contribution in [0, 0.1) is 11.8 Å². The number of ether oxygens (including phenoxy) is 2. The van der Waals surface area contributed by atoms with Gasteiger partial charge in [0.05, 0.1) is 18.1 Å². The molecule has 4 rings (SSSR count). The highest BCUT2D eigenvalue weighted by molar-refractivity contribution is 5.91. The van der Waals surface area contributed by atoms with Crippen molar-refractivity contribution in [2.24, 2.45) is 11.8 Å². The number of carbonyl (C=O) groups excluding carboxylic acids is 1. The van der Waals surface area contributed by atoms with E-state index in [9.17, 15) is 14.7 Å². The van der Waals surface area contributed by atoms with Gasteiger partial charge in [-0.05, 0) is 53.6 Å². The van der Waals surface area contributed by atoms with E-state index in [-0.39, 0.29) is 6.42 Å². The number of unbranched alkanes of at least 4 members (excludes halogenated alkanes) is 3. The Balaban J connectivity index is 1.53. The fourth-order valence-corrected chi connectivity index (χ4v) is 5.13. The third-order valence-corrected chi connectivity index (χ3v) is 7.34. The number of carbonyl (C=O) groups is 2. The summed E-state index contributed by atoms with van der Waals surface area (Å²) in [6, 6.07) is 23.0. The summed E-state index contributed by atoms with van der Waals surface area (Å²) in [6.45, 7) is 4.99.